The minimum absolute atomic E-state index is 0.0824. The highest BCUT2D eigenvalue weighted by Gasteiger charge is 2.27. The molecule has 1 fully saturated rings. The summed E-state index contributed by atoms with van der Waals surface area (Å²) in [5.74, 6) is -0.372. The second kappa shape index (κ2) is 12.3. The Morgan fingerprint density at radius 3 is 2.61 bits per heavy atom. The topological polar surface area (TPSA) is 96.8 Å². The molecule has 2 aromatic rings. The Balaban J connectivity index is 0.00000187. The first kappa shape index (κ1) is 26.3. The van der Waals surface area contributed by atoms with Crippen LogP contribution < -0.4 is 10.1 Å². The first-order valence-corrected chi connectivity index (χ1v) is 11.3. The van der Waals surface area contributed by atoms with Crippen LogP contribution in [0.2, 0.25) is 0 Å². The zero-order chi connectivity index (χ0) is 24.4. The Hall–Kier alpha value is -2.94. The van der Waals surface area contributed by atoms with Crippen molar-refractivity contribution in [1.82, 2.24) is 14.9 Å². The second-order valence-electron chi connectivity index (χ2n) is 8.55. The summed E-state index contributed by atoms with van der Waals surface area (Å²) in [6.07, 6.45) is 2.23. The van der Waals surface area contributed by atoms with Crippen molar-refractivity contribution in [3.63, 3.8) is 0 Å². The van der Waals surface area contributed by atoms with E-state index in [9.17, 15) is 14.3 Å². The normalized spacial score (nSPS) is 14.2. The van der Waals surface area contributed by atoms with Gasteiger partial charge in [0.25, 0.3) is 5.88 Å². The number of likely N-dealkylation sites (tertiary alicyclic amines) is 1. The van der Waals surface area contributed by atoms with E-state index in [2.05, 4.69) is 15.3 Å². The minimum atomic E-state index is -0.638. The molecular formula is C24H35FN4O4. The molecule has 8 nitrogen and oxygen atoms in total. The molecule has 1 amide bonds. The smallest absolute Gasteiger partial charge is 0.410 e. The Morgan fingerprint density at radius 2 is 1.97 bits per heavy atom. The van der Waals surface area contributed by atoms with Gasteiger partial charge in [0.15, 0.2) is 0 Å². The summed E-state index contributed by atoms with van der Waals surface area (Å²) in [7, 11) is 0. The Morgan fingerprint density at radius 1 is 1.27 bits per heavy atom. The molecule has 2 N–H and O–H groups in total. The molecule has 0 bridgehead atoms. The number of carbonyl (C=O) groups is 1. The van der Waals surface area contributed by atoms with Gasteiger partial charge in [0, 0.05) is 18.8 Å². The maximum atomic E-state index is 14.1. The molecule has 3 rings (SSSR count). The molecule has 0 aliphatic carbocycles. The fourth-order valence-electron chi connectivity index (χ4n) is 3.19. The van der Waals surface area contributed by atoms with Crippen molar-refractivity contribution in [3.8, 4) is 5.88 Å². The van der Waals surface area contributed by atoms with Crippen LogP contribution >= 0.6 is 0 Å². The lowest BCUT2D eigenvalue weighted by atomic mass is 9.98. The number of benzene rings is 1. The summed E-state index contributed by atoms with van der Waals surface area (Å²) < 4.78 is 25.2. The van der Waals surface area contributed by atoms with Gasteiger partial charge in [-0.15, -0.1) is 0 Å². The van der Waals surface area contributed by atoms with Crippen LogP contribution in [-0.4, -0.2) is 51.4 Å². The van der Waals surface area contributed by atoms with Crippen molar-refractivity contribution in [3.05, 3.63) is 41.8 Å². The van der Waals surface area contributed by atoms with Gasteiger partial charge in [-0.1, -0.05) is 26.0 Å². The van der Waals surface area contributed by atoms with Crippen LogP contribution in [0.4, 0.5) is 20.8 Å². The maximum Gasteiger partial charge on any atom is 0.410 e. The Bertz CT molecular complexity index is 896. The first-order valence-electron chi connectivity index (χ1n) is 11.3. The number of nitrogens with one attached hydrogen (secondary N) is 1. The van der Waals surface area contributed by atoms with Gasteiger partial charge >= 0.3 is 6.09 Å². The SMILES string of the molecule is CC.CC(C)(C)OC(=O)N1CCC(COc2nc(Nc3cccc(CO)c3)ncc2F)CC1. The molecule has 0 atom stereocenters. The summed E-state index contributed by atoms with van der Waals surface area (Å²) in [4.78, 5) is 21.9. The van der Waals surface area contributed by atoms with Gasteiger partial charge < -0.3 is 24.8 Å². The average Bonchev–Trinajstić information content (AvgIpc) is 2.80. The lowest BCUT2D eigenvalue weighted by Gasteiger charge is -2.33. The quantitative estimate of drug-likeness (QED) is 0.630. The molecule has 1 saturated heterocycles. The number of aliphatic hydroxyl groups is 1. The van der Waals surface area contributed by atoms with E-state index < -0.39 is 11.4 Å². The molecule has 0 saturated carbocycles. The molecule has 1 aromatic carbocycles. The predicted octanol–water partition coefficient (Wildman–Crippen LogP) is 4.90. The number of rotatable bonds is 6. The zero-order valence-electron chi connectivity index (χ0n) is 20.1. The number of hydrogen-bond donors (Lipinski definition) is 2. The molecule has 0 spiro atoms. The molecule has 9 heteroatoms. The third kappa shape index (κ3) is 8.49. The molecule has 1 aliphatic rings. The highest BCUT2D eigenvalue weighted by Crippen LogP contribution is 2.23. The van der Waals surface area contributed by atoms with Crippen LogP contribution in [0.25, 0.3) is 0 Å². The van der Waals surface area contributed by atoms with Crippen LogP contribution in [0.5, 0.6) is 5.88 Å². The number of carbonyl (C=O) groups excluding carboxylic acids is 1. The number of halogens is 1. The monoisotopic (exact) mass is 462 g/mol. The van der Waals surface area contributed by atoms with Gasteiger partial charge in [0.2, 0.25) is 11.8 Å². The Labute approximate surface area is 195 Å². The summed E-state index contributed by atoms with van der Waals surface area (Å²) in [6, 6.07) is 7.13. The molecule has 33 heavy (non-hydrogen) atoms. The van der Waals surface area contributed by atoms with Crippen LogP contribution in [0, 0.1) is 11.7 Å². The number of piperidine rings is 1. The van der Waals surface area contributed by atoms with Crippen LogP contribution in [0.3, 0.4) is 0 Å². The number of amides is 1. The second-order valence-corrected chi connectivity index (χ2v) is 8.55. The number of anilines is 2. The summed E-state index contributed by atoms with van der Waals surface area (Å²) >= 11 is 0. The Kier molecular flexibility index (Phi) is 9.84. The highest BCUT2D eigenvalue weighted by atomic mass is 19.1. The van der Waals surface area contributed by atoms with E-state index in [0.717, 1.165) is 24.6 Å². The zero-order valence-corrected chi connectivity index (χ0v) is 20.1. The number of aliphatic hydroxyl groups excluding tert-OH is 1. The number of aromatic nitrogens is 2. The van der Waals surface area contributed by atoms with Crippen molar-refractivity contribution in [1.29, 1.82) is 0 Å². The standard InChI is InChI=1S/C22H29FN4O4.C2H6/c1-22(2,3)31-21(29)27-9-7-15(8-10-27)14-30-19-18(23)12-24-20(26-19)25-17-6-4-5-16(11-17)13-28;1-2/h4-6,11-12,15,28H,7-10,13-14H2,1-3H3,(H,24,25,26);1-2H3. The minimum Gasteiger partial charge on any atom is -0.475 e. The highest BCUT2D eigenvalue weighted by molar-refractivity contribution is 5.68. The van der Waals surface area contributed by atoms with Crippen molar-refractivity contribution < 1.29 is 23.8 Å². The van der Waals surface area contributed by atoms with Crippen LogP contribution in [0.1, 0.15) is 53.0 Å². The summed E-state index contributed by atoms with van der Waals surface area (Å²) in [5.41, 5.74) is 0.896. The summed E-state index contributed by atoms with van der Waals surface area (Å²) in [5, 5.41) is 12.2. The van der Waals surface area contributed by atoms with Gasteiger partial charge in [-0.25, -0.2) is 9.78 Å². The molecule has 0 radical (unpaired) electrons. The fourth-order valence-corrected chi connectivity index (χ4v) is 3.19. The van der Waals surface area contributed by atoms with Crippen molar-refractivity contribution >= 4 is 17.7 Å². The molecular weight excluding hydrogens is 427 g/mol. The van der Waals surface area contributed by atoms with E-state index in [4.69, 9.17) is 9.47 Å². The molecule has 2 heterocycles. The maximum absolute atomic E-state index is 14.1. The largest absolute Gasteiger partial charge is 0.475 e. The van der Waals surface area contributed by atoms with E-state index in [1.54, 1.807) is 29.2 Å². The van der Waals surface area contributed by atoms with Crippen molar-refractivity contribution in [2.45, 2.75) is 59.7 Å². The lowest BCUT2D eigenvalue weighted by Crippen LogP contribution is -2.42. The van der Waals surface area contributed by atoms with Gasteiger partial charge in [-0.2, -0.15) is 9.37 Å². The van der Waals surface area contributed by atoms with Gasteiger partial charge in [-0.3, -0.25) is 0 Å². The molecule has 182 valence electrons. The van der Waals surface area contributed by atoms with Crippen molar-refractivity contribution in [2.75, 3.05) is 25.0 Å². The first-order chi connectivity index (χ1) is 15.7. The predicted molar refractivity (Wildman–Crippen MR) is 125 cm³/mol. The van der Waals surface area contributed by atoms with E-state index in [1.807, 2.05) is 34.6 Å². The van der Waals surface area contributed by atoms with Crippen LogP contribution in [-0.2, 0) is 11.3 Å². The van der Waals surface area contributed by atoms with Gasteiger partial charge in [0.05, 0.1) is 19.4 Å². The lowest BCUT2D eigenvalue weighted by molar-refractivity contribution is 0.0163. The molecule has 1 aliphatic heterocycles. The number of ether oxygens (including phenoxy) is 2. The fraction of sp³-hybridized carbons (Fsp3) is 0.542. The van der Waals surface area contributed by atoms with E-state index in [0.29, 0.717) is 25.4 Å². The van der Waals surface area contributed by atoms with Gasteiger partial charge in [-0.05, 0) is 57.2 Å². The summed E-state index contributed by atoms with van der Waals surface area (Å²) in [6.45, 7) is 10.9. The molecule has 1 aromatic heterocycles. The van der Waals surface area contributed by atoms with E-state index in [-0.39, 0.29) is 30.4 Å². The molecule has 0 unspecified atom stereocenters. The van der Waals surface area contributed by atoms with Gasteiger partial charge in [0.1, 0.15) is 5.60 Å². The average molecular weight is 463 g/mol. The van der Waals surface area contributed by atoms with E-state index >= 15 is 0 Å². The van der Waals surface area contributed by atoms with Crippen molar-refractivity contribution in [2.24, 2.45) is 5.92 Å². The van der Waals surface area contributed by atoms with E-state index in [1.165, 1.54) is 0 Å². The number of nitrogens with zero attached hydrogens (tertiary/aromatic N) is 3. The van der Waals surface area contributed by atoms with Crippen LogP contribution in [0.15, 0.2) is 30.5 Å². The number of hydrogen-bond acceptors (Lipinski definition) is 7. The third-order valence-corrected chi connectivity index (χ3v) is 4.80. The third-order valence-electron chi connectivity index (χ3n) is 4.80.